The molecule has 0 spiro atoms. The van der Waals surface area contributed by atoms with E-state index in [4.69, 9.17) is 25.2 Å². The van der Waals surface area contributed by atoms with E-state index in [2.05, 4.69) is 46.6 Å². The first-order chi connectivity index (χ1) is 31.3. The minimum atomic E-state index is -0.990. The van der Waals surface area contributed by atoms with Crippen LogP contribution in [-0.4, -0.2) is 90.8 Å². The number of carbonyl (C=O) groups excluding carboxylic acids is 1. The summed E-state index contributed by atoms with van der Waals surface area (Å²) in [6, 6.07) is 48.2. The smallest absolute Gasteiger partial charge is 0.354 e. The molecule has 0 saturated carbocycles. The summed E-state index contributed by atoms with van der Waals surface area (Å²) in [5, 5.41) is 56.1. The molecule has 0 aliphatic rings. The number of phenolic OH excluding ortho intramolecular Hbond substituents is 1. The Hall–Kier alpha value is -4.28. The van der Waals surface area contributed by atoms with Crippen molar-refractivity contribution >= 4 is 23.7 Å². The fraction of sp³-hybridized carbons (Fsp3) is 0.189. The molecule has 77 heavy (non-hydrogen) atoms. The number of hydrogen-bond acceptors (Lipinski definition) is 13. The third-order valence-corrected chi connectivity index (χ3v) is 7.20. The Bertz CT molecular complexity index is 2450. The summed E-state index contributed by atoms with van der Waals surface area (Å²) in [7, 11) is 0. The van der Waals surface area contributed by atoms with Gasteiger partial charge < -0.3 is 35.6 Å². The molecule has 0 amide bonds. The zero-order valence-electron chi connectivity index (χ0n) is 37.8. The van der Waals surface area contributed by atoms with E-state index in [9.17, 15) is 19.5 Å². The predicted molar refractivity (Wildman–Crippen MR) is 275 cm³/mol. The van der Waals surface area contributed by atoms with Crippen molar-refractivity contribution in [3.63, 3.8) is 0 Å². The van der Waals surface area contributed by atoms with Gasteiger partial charge in [0, 0.05) is 184 Å². The van der Waals surface area contributed by atoms with Crippen LogP contribution in [0.15, 0.2) is 176 Å². The summed E-state index contributed by atoms with van der Waals surface area (Å²) >= 11 is 0. The molecule has 5 heterocycles. The first kappa shape index (κ1) is 98.2. The number of rotatable bonds is 7. The zero-order chi connectivity index (χ0) is 47.7. The number of aliphatic carboxylic acids is 1. The average Bonchev–Trinajstić information content (AvgIpc) is 3.87. The van der Waals surface area contributed by atoms with E-state index in [0.717, 1.165) is 29.4 Å². The van der Waals surface area contributed by atoms with E-state index in [1.807, 2.05) is 84.9 Å². The van der Waals surface area contributed by atoms with Gasteiger partial charge >= 0.3 is 11.9 Å². The Morgan fingerprint density at radius 3 is 1.29 bits per heavy atom. The molecule has 7 radical (unpaired) electrons. The standard InChI is InChI=1S/C11H9NO.C11H8N.C7H6O2.C6H4N5.C6H5NO2.C5H10O2.C2H4O2.5CH4.7Ir/c13-11-7-2-1-5-9(11)10-6-3-4-8-12-10;1-2-6-10(7-3-1)11-8-4-5-9-12-11;8-7(9)6-4-2-1-3-5-6;1-2-4-7-5(3-1)6-8-10-11-9-6;8-6(9)5-3-1-2-4-7-5;1-4(6)3-5(2)7;1-2(3)4;;;;;;;;;;;;/h1-8,13H;1-6,8-9H;1-5H,(H,8,9);1-4H;1-4H,(H,8,9);4,6H,3H2,1-2H3;1H3,(H,3,4);5*1H4;;;;;;;/q;-1;;-1;;;;;;;;;;;;;;;. The van der Waals surface area contributed by atoms with Gasteiger partial charge in [0.1, 0.15) is 17.2 Å². The van der Waals surface area contributed by atoms with Crippen LogP contribution in [-0.2, 0) is 150 Å². The van der Waals surface area contributed by atoms with Crippen LogP contribution in [0.1, 0.15) is 85.2 Å². The number of carboxylic acids is 3. The number of aliphatic hydroxyl groups excluding tert-OH is 1. The van der Waals surface area contributed by atoms with E-state index >= 15 is 0 Å². The topological polar surface area (TPSA) is 274 Å². The van der Waals surface area contributed by atoms with Crippen molar-refractivity contribution < 1.29 is 185 Å². The second kappa shape index (κ2) is 60.9. The maximum atomic E-state index is 10.2. The number of carboxylic acid groups (broad SMARTS) is 3. The number of para-hydroxylation sites is 1. The summed E-state index contributed by atoms with van der Waals surface area (Å²) in [5.74, 6) is -1.94. The number of nitrogens with zero attached hydrogens (tertiary/aromatic N) is 8. The largest absolute Gasteiger partial charge is 0.507 e. The molecule has 3 aromatic carbocycles. The molecule has 437 valence electrons. The van der Waals surface area contributed by atoms with Crippen LogP contribution in [0.3, 0.4) is 0 Å². The van der Waals surface area contributed by atoms with Crippen molar-refractivity contribution in [2.45, 2.75) is 70.4 Å². The van der Waals surface area contributed by atoms with Gasteiger partial charge in [0.25, 0.3) is 5.97 Å². The molecule has 0 bridgehead atoms. The Morgan fingerprint density at radius 2 is 0.961 bits per heavy atom. The molecule has 0 saturated heterocycles. The van der Waals surface area contributed by atoms with Crippen molar-refractivity contribution in [2.75, 3.05) is 0 Å². The molecule has 0 aliphatic carbocycles. The van der Waals surface area contributed by atoms with E-state index in [1.165, 1.54) is 19.2 Å². The Morgan fingerprint density at radius 1 is 0.532 bits per heavy atom. The fourth-order valence-corrected chi connectivity index (χ4v) is 4.52. The Kier molecular flexibility index (Phi) is 77.7. The molecular weight excluding hydrogens is 2240 g/mol. The number of aromatic nitrogens is 8. The van der Waals surface area contributed by atoms with Crippen LogP contribution in [0.2, 0.25) is 0 Å². The molecule has 24 heteroatoms. The van der Waals surface area contributed by atoms with Gasteiger partial charge in [-0.15, -0.1) is 35.9 Å². The number of aromatic carboxylic acids is 2. The summed E-state index contributed by atoms with van der Waals surface area (Å²) in [4.78, 5) is 55.4. The summed E-state index contributed by atoms with van der Waals surface area (Å²) < 4.78 is 0. The third kappa shape index (κ3) is 47.4. The van der Waals surface area contributed by atoms with Gasteiger partial charge in [-0.2, -0.15) is 5.21 Å². The fourth-order valence-electron chi connectivity index (χ4n) is 4.52. The summed E-state index contributed by atoms with van der Waals surface area (Å²) in [6.45, 7) is 4.15. The monoisotopic (exact) mass is 2310 g/mol. The van der Waals surface area contributed by atoms with Gasteiger partial charge in [0.2, 0.25) is 0 Å². The van der Waals surface area contributed by atoms with Crippen LogP contribution in [0.4, 0.5) is 0 Å². The first-order valence-corrected chi connectivity index (χ1v) is 19.3. The van der Waals surface area contributed by atoms with Crippen molar-refractivity contribution in [1.82, 2.24) is 40.6 Å². The van der Waals surface area contributed by atoms with Gasteiger partial charge in [-0.25, -0.2) is 14.6 Å². The minimum Gasteiger partial charge on any atom is -0.507 e. The average molecular weight is 2300 g/mol. The van der Waals surface area contributed by atoms with Gasteiger partial charge in [-0.3, -0.25) is 29.9 Å². The first-order valence-electron chi connectivity index (χ1n) is 19.3. The van der Waals surface area contributed by atoms with Gasteiger partial charge in [0.15, 0.2) is 0 Å². The molecule has 5 aromatic heterocycles. The number of phenols is 1. The molecule has 0 fully saturated rings. The second-order valence-corrected chi connectivity index (χ2v) is 12.6. The van der Waals surface area contributed by atoms with Gasteiger partial charge in [-0.05, 0) is 86.3 Å². The van der Waals surface area contributed by atoms with Crippen molar-refractivity contribution in [1.29, 1.82) is 0 Å². The molecule has 1 unspecified atom stereocenters. The number of aromatic hydroxyl groups is 1. The number of Topliss-reactive ketones (excluding diaryl/α,β-unsaturated/α-hetero) is 1. The number of tetrazole rings is 1. The van der Waals surface area contributed by atoms with Crippen molar-refractivity contribution in [3.8, 4) is 39.8 Å². The predicted octanol–water partition coefficient (Wildman–Crippen LogP) is 10.7. The van der Waals surface area contributed by atoms with Crippen LogP contribution < -0.4 is 5.10 Å². The van der Waals surface area contributed by atoms with Gasteiger partial charge in [0.05, 0.1) is 28.9 Å². The number of hydrogen-bond donors (Lipinski definition) is 5. The molecular formula is C53H66Ir7N8O9-2. The number of aliphatic hydroxyl groups is 1. The Labute approximate surface area is 548 Å². The number of carbonyl (C=O) groups is 4. The number of ketones is 1. The molecule has 1 atom stereocenters. The van der Waals surface area contributed by atoms with E-state index in [0.29, 0.717) is 17.1 Å². The van der Waals surface area contributed by atoms with Crippen LogP contribution >= 0.6 is 0 Å². The van der Waals surface area contributed by atoms with E-state index < -0.39 is 24.0 Å². The maximum absolute atomic E-state index is 10.2. The summed E-state index contributed by atoms with van der Waals surface area (Å²) in [6.07, 6.45) is 6.42. The molecule has 17 nitrogen and oxygen atoms in total. The third-order valence-electron chi connectivity index (χ3n) is 7.20. The van der Waals surface area contributed by atoms with E-state index in [1.54, 1.807) is 86.2 Å². The van der Waals surface area contributed by atoms with E-state index in [-0.39, 0.29) is 202 Å². The Balaban J connectivity index is -0.0000000728. The SMILES string of the molecule is C.C.C.C.C.CC(=O)CC(C)O.CC(=O)O.O=C(O)c1ccccc1.O=C(O)c1ccccn1.Oc1ccccc1-c1ccccn1.[Ir].[Ir].[Ir].[Ir].[Ir].[Ir].[Ir].[c-]1ccccc1-c1ccccn1.c1ccc(-c2nnn[n-]2)nc1. The second-order valence-electron chi connectivity index (χ2n) is 12.6. The van der Waals surface area contributed by atoms with Crippen LogP contribution in [0, 0.1) is 6.07 Å². The zero-order valence-corrected chi connectivity index (χ0v) is 54.6. The van der Waals surface area contributed by atoms with Crippen LogP contribution in [0.5, 0.6) is 5.75 Å². The van der Waals surface area contributed by atoms with Crippen molar-refractivity contribution in [3.05, 3.63) is 194 Å². The summed E-state index contributed by atoms with van der Waals surface area (Å²) in [5.41, 5.74) is 4.67. The molecule has 8 aromatic rings. The van der Waals surface area contributed by atoms with Gasteiger partial charge in [-0.1, -0.05) is 97.8 Å². The number of pyridine rings is 4. The van der Waals surface area contributed by atoms with Crippen LogP contribution in [0.25, 0.3) is 34.0 Å². The minimum absolute atomic E-state index is 0. The quantitative estimate of drug-likeness (QED) is 0.0928. The normalized spacial score (nSPS) is 8.21. The van der Waals surface area contributed by atoms with Crippen molar-refractivity contribution in [2.24, 2.45) is 0 Å². The molecule has 8 rings (SSSR count). The maximum Gasteiger partial charge on any atom is 0.354 e. The number of benzene rings is 3. The molecule has 5 N–H and O–H groups in total. The molecule has 0 aliphatic heterocycles.